The summed E-state index contributed by atoms with van der Waals surface area (Å²) >= 11 is 0. The van der Waals surface area contributed by atoms with Crippen LogP contribution in [0.5, 0.6) is 5.75 Å². The molecule has 2 amide bonds. The number of carbonyl (C=O) groups excluding carboxylic acids is 2. The Bertz CT molecular complexity index is 893. The van der Waals surface area contributed by atoms with E-state index in [2.05, 4.69) is 30.3 Å². The molecule has 0 saturated carbocycles. The Balaban J connectivity index is 1.23. The van der Waals surface area contributed by atoms with Crippen LogP contribution in [0.15, 0.2) is 54.6 Å². The van der Waals surface area contributed by atoms with Crippen molar-refractivity contribution in [1.29, 1.82) is 0 Å². The number of ether oxygens (including phenoxy) is 1. The zero-order chi connectivity index (χ0) is 22.2. The number of aryl methyl sites for hydroxylation is 2. The van der Waals surface area contributed by atoms with E-state index >= 15 is 0 Å². The van der Waals surface area contributed by atoms with Gasteiger partial charge in [0.1, 0.15) is 11.8 Å². The van der Waals surface area contributed by atoms with Crippen molar-refractivity contribution in [2.45, 2.75) is 57.4 Å². The smallest absolute Gasteiger partial charge is 0.245 e. The van der Waals surface area contributed by atoms with Gasteiger partial charge in [-0.3, -0.25) is 9.59 Å². The number of amides is 2. The van der Waals surface area contributed by atoms with Gasteiger partial charge < -0.3 is 14.5 Å². The summed E-state index contributed by atoms with van der Waals surface area (Å²) in [5, 5.41) is 0. The van der Waals surface area contributed by atoms with E-state index in [1.807, 2.05) is 34.1 Å². The summed E-state index contributed by atoms with van der Waals surface area (Å²) in [5.74, 6) is 1.14. The molecule has 32 heavy (non-hydrogen) atoms. The van der Waals surface area contributed by atoms with Crippen LogP contribution >= 0.6 is 0 Å². The number of benzene rings is 2. The average molecular weight is 435 g/mol. The van der Waals surface area contributed by atoms with E-state index in [9.17, 15) is 9.59 Å². The van der Waals surface area contributed by atoms with Crippen LogP contribution < -0.4 is 4.74 Å². The maximum Gasteiger partial charge on any atom is 0.245 e. The van der Waals surface area contributed by atoms with E-state index < -0.39 is 0 Å². The van der Waals surface area contributed by atoms with E-state index in [4.69, 9.17) is 4.74 Å². The lowest BCUT2D eigenvalue weighted by Gasteiger charge is -2.27. The Morgan fingerprint density at radius 2 is 1.62 bits per heavy atom. The quantitative estimate of drug-likeness (QED) is 0.555. The Kier molecular flexibility index (Phi) is 7.81. The number of rotatable bonds is 9. The number of carbonyl (C=O) groups is 2. The van der Waals surface area contributed by atoms with Gasteiger partial charge in [0.25, 0.3) is 0 Å². The summed E-state index contributed by atoms with van der Waals surface area (Å²) in [6.07, 6.45) is 6.86. The first kappa shape index (κ1) is 22.4. The number of nitrogens with zero attached hydrogens (tertiary/aromatic N) is 2. The Morgan fingerprint density at radius 3 is 2.44 bits per heavy atom. The Labute approximate surface area is 191 Å². The van der Waals surface area contributed by atoms with E-state index in [1.165, 1.54) is 11.1 Å². The Morgan fingerprint density at radius 1 is 0.875 bits per heavy atom. The minimum Gasteiger partial charge on any atom is -0.493 e. The molecule has 0 spiro atoms. The van der Waals surface area contributed by atoms with Gasteiger partial charge in [0, 0.05) is 26.1 Å². The molecular weight excluding hydrogens is 400 g/mol. The molecule has 2 saturated heterocycles. The van der Waals surface area contributed by atoms with E-state index in [1.54, 1.807) is 0 Å². The molecule has 2 aliphatic rings. The van der Waals surface area contributed by atoms with Crippen molar-refractivity contribution in [1.82, 2.24) is 9.80 Å². The summed E-state index contributed by atoms with van der Waals surface area (Å²) in [6.45, 7) is 2.89. The normalized spacial score (nSPS) is 18.2. The maximum absolute atomic E-state index is 12.8. The van der Waals surface area contributed by atoms with E-state index in [-0.39, 0.29) is 17.9 Å². The first-order valence-electron chi connectivity index (χ1n) is 12.1. The highest BCUT2D eigenvalue weighted by Crippen LogP contribution is 2.23. The van der Waals surface area contributed by atoms with Crippen molar-refractivity contribution >= 4 is 11.8 Å². The summed E-state index contributed by atoms with van der Waals surface area (Å²) in [7, 11) is 0. The first-order chi connectivity index (χ1) is 15.7. The van der Waals surface area contributed by atoms with Crippen molar-refractivity contribution in [2.24, 2.45) is 0 Å². The summed E-state index contributed by atoms with van der Waals surface area (Å²) in [5.41, 5.74) is 2.51. The molecule has 2 aliphatic heterocycles. The van der Waals surface area contributed by atoms with Gasteiger partial charge in [-0.05, 0) is 62.1 Å². The van der Waals surface area contributed by atoms with Crippen molar-refractivity contribution < 1.29 is 14.3 Å². The predicted molar refractivity (Wildman–Crippen MR) is 126 cm³/mol. The van der Waals surface area contributed by atoms with Crippen LogP contribution in [0.2, 0.25) is 0 Å². The monoisotopic (exact) mass is 434 g/mol. The van der Waals surface area contributed by atoms with Crippen molar-refractivity contribution in [3.8, 4) is 5.75 Å². The van der Waals surface area contributed by atoms with Gasteiger partial charge in [-0.15, -0.1) is 0 Å². The summed E-state index contributed by atoms with van der Waals surface area (Å²) in [4.78, 5) is 29.3. The van der Waals surface area contributed by atoms with Crippen LogP contribution in [-0.2, 0) is 22.4 Å². The van der Waals surface area contributed by atoms with Crippen molar-refractivity contribution in [3.63, 3.8) is 0 Å². The molecule has 170 valence electrons. The molecule has 0 bridgehead atoms. The molecule has 0 aliphatic carbocycles. The second kappa shape index (κ2) is 11.2. The molecule has 2 heterocycles. The fraction of sp³-hybridized carbons (Fsp3) is 0.481. The highest BCUT2D eigenvalue weighted by molar-refractivity contribution is 5.88. The molecule has 2 aromatic rings. The van der Waals surface area contributed by atoms with Crippen LogP contribution in [0.4, 0.5) is 0 Å². The fourth-order valence-electron chi connectivity index (χ4n) is 4.79. The minimum atomic E-state index is -0.250. The van der Waals surface area contributed by atoms with Gasteiger partial charge >= 0.3 is 0 Å². The number of hydrogen-bond acceptors (Lipinski definition) is 3. The largest absolute Gasteiger partial charge is 0.493 e. The van der Waals surface area contributed by atoms with Gasteiger partial charge in [-0.25, -0.2) is 0 Å². The van der Waals surface area contributed by atoms with Crippen LogP contribution in [0.25, 0.3) is 0 Å². The zero-order valence-corrected chi connectivity index (χ0v) is 18.9. The SMILES string of the molecule is O=C([C@@H]1CCCN1C(=O)CCCOc1ccccc1CCc1ccccc1)N1CCCC1. The highest BCUT2D eigenvalue weighted by Gasteiger charge is 2.36. The van der Waals surface area contributed by atoms with E-state index in [0.29, 0.717) is 26.0 Å². The molecule has 4 rings (SSSR count). The number of para-hydroxylation sites is 1. The third-order valence-electron chi connectivity index (χ3n) is 6.57. The molecule has 0 unspecified atom stereocenters. The van der Waals surface area contributed by atoms with Gasteiger partial charge in [0.05, 0.1) is 6.61 Å². The second-order valence-corrected chi connectivity index (χ2v) is 8.82. The Hall–Kier alpha value is -2.82. The van der Waals surface area contributed by atoms with Crippen LogP contribution in [0.1, 0.15) is 49.7 Å². The van der Waals surface area contributed by atoms with Crippen molar-refractivity contribution in [3.05, 3.63) is 65.7 Å². The second-order valence-electron chi connectivity index (χ2n) is 8.82. The topological polar surface area (TPSA) is 49.9 Å². The standard InChI is InChI=1S/C27H34N2O3/c30-26(29-20-8-13-24(29)27(31)28-18-6-7-19-28)15-9-21-32-25-14-5-4-12-23(25)17-16-22-10-2-1-3-11-22/h1-5,10-12,14,24H,6-9,13,15-21H2/t24-/m0/s1. The highest BCUT2D eigenvalue weighted by atomic mass is 16.5. The van der Waals surface area contributed by atoms with E-state index in [0.717, 1.165) is 57.4 Å². The lowest BCUT2D eigenvalue weighted by Crippen LogP contribution is -2.46. The van der Waals surface area contributed by atoms with Crippen LogP contribution in [0, 0.1) is 0 Å². The summed E-state index contributed by atoms with van der Waals surface area (Å²) < 4.78 is 6.05. The molecule has 5 nitrogen and oxygen atoms in total. The molecule has 5 heteroatoms. The number of hydrogen-bond donors (Lipinski definition) is 0. The van der Waals surface area contributed by atoms with Gasteiger partial charge in [-0.2, -0.15) is 0 Å². The molecule has 2 fully saturated rings. The minimum absolute atomic E-state index is 0.0843. The van der Waals surface area contributed by atoms with Crippen molar-refractivity contribution in [2.75, 3.05) is 26.2 Å². The molecule has 2 aromatic carbocycles. The lowest BCUT2D eigenvalue weighted by molar-refractivity contribution is -0.143. The number of likely N-dealkylation sites (tertiary alicyclic amines) is 2. The van der Waals surface area contributed by atoms with Crippen LogP contribution in [0.3, 0.4) is 0 Å². The lowest BCUT2D eigenvalue weighted by atomic mass is 10.0. The van der Waals surface area contributed by atoms with Gasteiger partial charge in [-0.1, -0.05) is 48.5 Å². The zero-order valence-electron chi connectivity index (χ0n) is 18.9. The molecule has 0 radical (unpaired) electrons. The van der Waals surface area contributed by atoms with Gasteiger partial charge in [0.2, 0.25) is 11.8 Å². The third kappa shape index (κ3) is 5.70. The predicted octanol–water partition coefficient (Wildman–Crippen LogP) is 4.24. The van der Waals surface area contributed by atoms with Crippen LogP contribution in [-0.4, -0.2) is 53.9 Å². The average Bonchev–Trinajstić information content (AvgIpc) is 3.54. The molecule has 0 aromatic heterocycles. The molecular formula is C27H34N2O3. The fourth-order valence-corrected chi connectivity index (χ4v) is 4.79. The maximum atomic E-state index is 12.8. The first-order valence-corrected chi connectivity index (χ1v) is 12.1. The third-order valence-corrected chi connectivity index (χ3v) is 6.57. The summed E-state index contributed by atoms with van der Waals surface area (Å²) in [6, 6.07) is 18.4. The molecule has 1 atom stereocenters. The molecule has 0 N–H and O–H groups in total. The van der Waals surface area contributed by atoms with Gasteiger partial charge in [0.15, 0.2) is 0 Å².